The van der Waals surface area contributed by atoms with Gasteiger partial charge in [0.1, 0.15) is 5.75 Å². The Kier molecular flexibility index (Phi) is 7.33. The maximum Gasteiger partial charge on any atom is 0.238 e. The highest BCUT2D eigenvalue weighted by molar-refractivity contribution is 9.10. The molecule has 2 fully saturated rings. The van der Waals surface area contributed by atoms with Gasteiger partial charge in [0.2, 0.25) is 11.8 Å². The first kappa shape index (κ1) is 31.6. The number of benzene rings is 5. The lowest BCUT2D eigenvalue weighted by Crippen LogP contribution is -2.58. The molecule has 0 spiro atoms. The van der Waals surface area contributed by atoms with Gasteiger partial charge in [0.25, 0.3) is 0 Å². The Labute approximate surface area is 303 Å². The van der Waals surface area contributed by atoms with Gasteiger partial charge in [0.15, 0.2) is 11.6 Å². The number of anilines is 1. The van der Waals surface area contributed by atoms with Gasteiger partial charge in [-0.05, 0) is 77.2 Å². The van der Waals surface area contributed by atoms with Crippen LogP contribution < -0.4 is 4.90 Å². The van der Waals surface area contributed by atoms with Gasteiger partial charge < -0.3 is 5.11 Å². The minimum atomic E-state index is -1.34. The molecule has 4 aliphatic rings. The summed E-state index contributed by atoms with van der Waals surface area (Å²) in [5.74, 6) is -4.00. The van der Waals surface area contributed by atoms with Gasteiger partial charge in [-0.15, -0.1) is 0 Å². The molecule has 0 radical (unpaired) electrons. The van der Waals surface area contributed by atoms with Crippen molar-refractivity contribution in [1.82, 2.24) is 0 Å². The number of phenolic OH excluding ortho intramolecular Hbond substituents is 1. The fraction of sp³-hybridized carbons (Fsp3) is 0.182. The van der Waals surface area contributed by atoms with E-state index in [4.69, 9.17) is 0 Å². The van der Waals surface area contributed by atoms with E-state index in [1.165, 1.54) is 11.0 Å². The van der Waals surface area contributed by atoms with Crippen LogP contribution in [0.3, 0.4) is 0 Å². The fourth-order valence-electron chi connectivity index (χ4n) is 9.62. The van der Waals surface area contributed by atoms with Crippen molar-refractivity contribution in [2.75, 3.05) is 4.90 Å². The van der Waals surface area contributed by atoms with Crippen LogP contribution in [0.1, 0.15) is 35.4 Å². The molecule has 9 rings (SSSR count). The number of amides is 2. The maximum atomic E-state index is 15.3. The largest absolute Gasteiger partial charge is 0.507 e. The zero-order valence-electron chi connectivity index (χ0n) is 27.4. The number of hydrogen-bond acceptors (Lipinski definition) is 5. The summed E-state index contributed by atoms with van der Waals surface area (Å²) in [6, 6.07) is 37.0. The Bertz CT molecular complexity index is 2350. The highest BCUT2D eigenvalue weighted by Crippen LogP contribution is 2.64. The number of halogens is 1. The second-order valence-corrected chi connectivity index (χ2v) is 14.9. The molecular weight excluding hydrogens is 702 g/mol. The van der Waals surface area contributed by atoms with Crippen molar-refractivity contribution >= 4 is 61.3 Å². The molecule has 6 nitrogen and oxygen atoms in total. The molecule has 1 saturated carbocycles. The number of hydrogen-bond donors (Lipinski definition) is 1. The average molecular weight is 735 g/mol. The second-order valence-electron chi connectivity index (χ2n) is 14.0. The zero-order valence-corrected chi connectivity index (χ0v) is 29.0. The normalized spacial score (nSPS) is 27.1. The molecule has 1 heterocycles. The summed E-state index contributed by atoms with van der Waals surface area (Å²) in [7, 11) is 0. The lowest BCUT2D eigenvalue weighted by atomic mass is 9.44. The minimum Gasteiger partial charge on any atom is -0.507 e. The van der Waals surface area contributed by atoms with E-state index < -0.39 is 35.0 Å². The van der Waals surface area contributed by atoms with Gasteiger partial charge in [-0.1, -0.05) is 119 Å². The average Bonchev–Trinajstić information content (AvgIpc) is 3.42. The van der Waals surface area contributed by atoms with E-state index in [-0.39, 0.29) is 35.6 Å². The Morgan fingerprint density at radius 1 is 0.706 bits per heavy atom. The van der Waals surface area contributed by atoms with Crippen molar-refractivity contribution in [3.63, 3.8) is 0 Å². The van der Waals surface area contributed by atoms with Crippen LogP contribution in [0.25, 0.3) is 16.3 Å². The number of carbonyl (C=O) groups is 4. The molecule has 2 amide bonds. The first-order valence-corrected chi connectivity index (χ1v) is 18.0. The number of phenols is 1. The molecule has 5 aromatic carbocycles. The van der Waals surface area contributed by atoms with Gasteiger partial charge in [0.05, 0.1) is 22.9 Å². The van der Waals surface area contributed by atoms with Crippen molar-refractivity contribution in [3.05, 3.63) is 160 Å². The van der Waals surface area contributed by atoms with Crippen molar-refractivity contribution in [2.45, 2.75) is 24.2 Å². The zero-order chi connectivity index (χ0) is 35.0. The highest BCUT2D eigenvalue weighted by Gasteiger charge is 2.66. The SMILES string of the molecule is O=C1C(c2ccccc2)=CC(=O)C2(c3ccccc3)C1CC1C(=CCC3C(=O)N(c4ccc(Br)cc4)C(=O)C31)C2c1ccc(O)c2ccccc12. The number of imide groups is 1. The summed E-state index contributed by atoms with van der Waals surface area (Å²) in [4.78, 5) is 60.5. The molecule has 51 heavy (non-hydrogen) atoms. The molecular formula is C44H32BrNO5. The Morgan fingerprint density at radius 2 is 1.37 bits per heavy atom. The van der Waals surface area contributed by atoms with Gasteiger partial charge in [-0.25, -0.2) is 0 Å². The Balaban J connectivity index is 1.31. The van der Waals surface area contributed by atoms with E-state index in [0.717, 1.165) is 26.6 Å². The van der Waals surface area contributed by atoms with Crippen molar-refractivity contribution in [3.8, 4) is 5.75 Å². The Hall–Kier alpha value is -5.40. The lowest BCUT2D eigenvalue weighted by Gasteiger charge is -2.55. The summed E-state index contributed by atoms with van der Waals surface area (Å²) < 4.78 is 0.836. The summed E-state index contributed by atoms with van der Waals surface area (Å²) >= 11 is 3.45. The third-order valence-corrected chi connectivity index (χ3v) is 12.2. The molecule has 1 aliphatic heterocycles. The maximum absolute atomic E-state index is 15.3. The number of ketones is 2. The molecule has 1 saturated heterocycles. The first-order valence-electron chi connectivity index (χ1n) is 17.3. The molecule has 6 unspecified atom stereocenters. The second kappa shape index (κ2) is 11.8. The van der Waals surface area contributed by atoms with E-state index in [1.54, 1.807) is 18.2 Å². The van der Waals surface area contributed by atoms with Crippen LogP contribution in [-0.2, 0) is 24.6 Å². The standard InChI is InChI=1S/C44H32BrNO5/c45-27-15-17-28(18-16-27)46-42(50)33-20-19-32-35(39(33)43(46)51)23-36-41(49)34(25-9-3-1-4-10-25)24-38(48)44(36,26-11-5-2-6-12-26)40(32)31-21-22-37(47)30-14-8-7-13-29(30)31/h1-19,21-22,24,33,35-36,39-40,47H,20,23H2. The molecule has 1 N–H and O–H groups in total. The van der Waals surface area contributed by atoms with E-state index in [1.807, 2.05) is 103 Å². The number of carbonyl (C=O) groups excluding carboxylic acids is 4. The van der Waals surface area contributed by atoms with Gasteiger partial charge in [-0.3, -0.25) is 24.1 Å². The summed E-state index contributed by atoms with van der Waals surface area (Å²) in [5, 5.41) is 12.4. The smallest absolute Gasteiger partial charge is 0.238 e. The van der Waals surface area contributed by atoms with Crippen molar-refractivity contribution in [2.24, 2.45) is 23.7 Å². The van der Waals surface area contributed by atoms with E-state index in [9.17, 15) is 14.7 Å². The molecule has 7 heteroatoms. The molecule has 6 atom stereocenters. The number of aromatic hydroxyl groups is 1. The number of allylic oxidation sites excluding steroid dienone is 4. The van der Waals surface area contributed by atoms with Crippen LogP contribution in [0, 0.1) is 23.7 Å². The van der Waals surface area contributed by atoms with Crippen LogP contribution in [-0.4, -0.2) is 28.5 Å². The van der Waals surface area contributed by atoms with Crippen LogP contribution in [0.2, 0.25) is 0 Å². The summed E-state index contributed by atoms with van der Waals surface area (Å²) in [5.41, 5.74) is 2.61. The monoisotopic (exact) mass is 733 g/mol. The number of nitrogens with zero attached hydrogens (tertiary/aromatic N) is 1. The highest BCUT2D eigenvalue weighted by atomic mass is 79.9. The van der Waals surface area contributed by atoms with Crippen molar-refractivity contribution < 1.29 is 24.3 Å². The predicted octanol–water partition coefficient (Wildman–Crippen LogP) is 8.34. The molecule has 3 aliphatic carbocycles. The van der Waals surface area contributed by atoms with Crippen LogP contribution >= 0.6 is 15.9 Å². The minimum absolute atomic E-state index is 0.115. The first-order chi connectivity index (χ1) is 24.8. The predicted molar refractivity (Wildman–Crippen MR) is 199 cm³/mol. The van der Waals surface area contributed by atoms with E-state index >= 15 is 9.59 Å². The van der Waals surface area contributed by atoms with Gasteiger partial charge >= 0.3 is 0 Å². The summed E-state index contributed by atoms with van der Waals surface area (Å²) in [6.07, 6.45) is 4.17. The third-order valence-electron chi connectivity index (χ3n) is 11.7. The molecule has 5 aromatic rings. The number of Topliss-reactive ketones (excluding diaryl/α,β-unsaturated/α-hetero) is 1. The number of rotatable bonds is 4. The van der Waals surface area contributed by atoms with Gasteiger partial charge in [0, 0.05) is 27.3 Å². The molecule has 250 valence electrons. The van der Waals surface area contributed by atoms with Crippen molar-refractivity contribution in [1.29, 1.82) is 0 Å². The summed E-state index contributed by atoms with van der Waals surface area (Å²) in [6.45, 7) is 0. The number of fused-ring (bicyclic) bond motifs is 5. The van der Waals surface area contributed by atoms with Crippen LogP contribution in [0.15, 0.2) is 144 Å². The van der Waals surface area contributed by atoms with E-state index in [2.05, 4.69) is 22.0 Å². The quantitative estimate of drug-likeness (QED) is 0.148. The molecule has 0 aromatic heterocycles. The Morgan fingerprint density at radius 3 is 2.10 bits per heavy atom. The third kappa shape index (κ3) is 4.53. The van der Waals surface area contributed by atoms with Crippen LogP contribution in [0.5, 0.6) is 5.75 Å². The van der Waals surface area contributed by atoms with Crippen LogP contribution in [0.4, 0.5) is 5.69 Å². The van der Waals surface area contributed by atoms with Gasteiger partial charge in [-0.2, -0.15) is 0 Å². The molecule has 0 bridgehead atoms. The fourth-order valence-corrected chi connectivity index (χ4v) is 9.89. The lowest BCUT2D eigenvalue weighted by molar-refractivity contribution is -0.134. The van der Waals surface area contributed by atoms with E-state index in [0.29, 0.717) is 28.6 Å². The topological polar surface area (TPSA) is 91.8 Å².